The Hall–Kier alpha value is -2.15. The van der Waals surface area contributed by atoms with Gasteiger partial charge in [0.15, 0.2) is 11.7 Å². The van der Waals surface area contributed by atoms with E-state index in [0.29, 0.717) is 16.9 Å². The smallest absolute Gasteiger partial charge is 0.341 e. The number of hydrogen-bond donors (Lipinski definition) is 3. The first kappa shape index (κ1) is 17.2. The van der Waals surface area contributed by atoms with Crippen LogP contribution in [0.2, 0.25) is 0 Å². The minimum atomic E-state index is -1.00. The Morgan fingerprint density at radius 2 is 2.00 bits per heavy atom. The van der Waals surface area contributed by atoms with Gasteiger partial charge in [0.2, 0.25) is 0 Å². The van der Waals surface area contributed by atoms with E-state index < -0.39 is 5.97 Å². The van der Waals surface area contributed by atoms with Gasteiger partial charge >= 0.3 is 5.97 Å². The van der Waals surface area contributed by atoms with Gasteiger partial charge in [0.25, 0.3) is 0 Å². The topological polar surface area (TPSA) is 83.0 Å². The van der Waals surface area contributed by atoms with E-state index in [0.717, 1.165) is 18.4 Å². The van der Waals surface area contributed by atoms with Gasteiger partial charge in [0.1, 0.15) is 5.75 Å². The van der Waals surface area contributed by atoms with E-state index in [1.807, 2.05) is 0 Å². The third-order valence-corrected chi connectivity index (χ3v) is 3.77. The van der Waals surface area contributed by atoms with E-state index in [-0.39, 0.29) is 6.61 Å². The zero-order chi connectivity index (χ0) is 16.5. The van der Waals surface area contributed by atoms with Crippen molar-refractivity contribution in [1.82, 2.24) is 10.7 Å². The van der Waals surface area contributed by atoms with Crippen LogP contribution < -0.4 is 15.5 Å². The maximum Gasteiger partial charge on any atom is 0.341 e. The van der Waals surface area contributed by atoms with E-state index in [2.05, 4.69) is 15.8 Å². The molecule has 0 aromatic heterocycles. The van der Waals surface area contributed by atoms with Gasteiger partial charge in [0.05, 0.1) is 6.21 Å². The first-order chi connectivity index (χ1) is 11.1. The standard InChI is InChI=1S/C16H21N3O3S/c20-15(21)11-22-14-8-6-12(7-9-14)10-17-19-16(23)18-13-4-2-1-3-5-13/h6-10,13H,1-5,11H2,(H,20,21)(H2,18,19,23)/b17-10+. The summed E-state index contributed by atoms with van der Waals surface area (Å²) in [5.41, 5.74) is 3.68. The molecular formula is C16H21N3O3S. The summed E-state index contributed by atoms with van der Waals surface area (Å²) in [4.78, 5) is 10.4. The largest absolute Gasteiger partial charge is 0.482 e. The second-order valence-electron chi connectivity index (χ2n) is 5.43. The molecular weight excluding hydrogens is 314 g/mol. The van der Waals surface area contributed by atoms with Gasteiger partial charge in [0, 0.05) is 6.04 Å². The number of rotatable bonds is 6. The molecule has 6 nitrogen and oxygen atoms in total. The minimum absolute atomic E-state index is 0.351. The van der Waals surface area contributed by atoms with Crippen molar-refractivity contribution < 1.29 is 14.6 Å². The lowest BCUT2D eigenvalue weighted by Crippen LogP contribution is -2.40. The predicted octanol–water partition coefficient (Wildman–Crippen LogP) is 2.28. The van der Waals surface area contributed by atoms with Crippen molar-refractivity contribution in [3.63, 3.8) is 0 Å². The van der Waals surface area contributed by atoms with Gasteiger partial charge in [-0.1, -0.05) is 19.3 Å². The fraction of sp³-hybridized carbons (Fsp3) is 0.438. The predicted molar refractivity (Wildman–Crippen MR) is 92.9 cm³/mol. The Labute approximate surface area is 140 Å². The highest BCUT2D eigenvalue weighted by Crippen LogP contribution is 2.17. The number of nitrogens with one attached hydrogen (secondary N) is 2. The van der Waals surface area contributed by atoms with Crippen LogP contribution in [0.1, 0.15) is 37.7 Å². The van der Waals surface area contributed by atoms with Crippen LogP contribution in [0, 0.1) is 0 Å². The van der Waals surface area contributed by atoms with Crippen molar-refractivity contribution in [3.05, 3.63) is 29.8 Å². The van der Waals surface area contributed by atoms with Crippen LogP contribution in [-0.2, 0) is 4.79 Å². The lowest BCUT2D eigenvalue weighted by Gasteiger charge is -2.23. The Morgan fingerprint density at radius 1 is 1.30 bits per heavy atom. The van der Waals surface area contributed by atoms with Crippen LogP contribution in [-0.4, -0.2) is 35.1 Å². The van der Waals surface area contributed by atoms with Gasteiger partial charge in [-0.3, -0.25) is 5.43 Å². The third-order valence-electron chi connectivity index (χ3n) is 3.56. The first-order valence-corrected chi connectivity index (χ1v) is 8.08. The fourth-order valence-corrected chi connectivity index (χ4v) is 2.64. The highest BCUT2D eigenvalue weighted by Gasteiger charge is 2.13. The van der Waals surface area contributed by atoms with E-state index in [4.69, 9.17) is 22.1 Å². The van der Waals surface area contributed by atoms with Gasteiger partial charge in [-0.25, -0.2) is 4.79 Å². The number of hydrogen-bond acceptors (Lipinski definition) is 4. The molecule has 0 bridgehead atoms. The molecule has 0 radical (unpaired) electrons. The zero-order valence-electron chi connectivity index (χ0n) is 12.8. The number of carboxylic acids is 1. The van der Waals surface area contributed by atoms with Gasteiger partial charge in [-0.2, -0.15) is 5.10 Å². The SMILES string of the molecule is O=C(O)COc1ccc(/C=N/NC(=S)NC2CCCCC2)cc1. The molecule has 0 spiro atoms. The number of carboxylic acid groups (broad SMARTS) is 1. The summed E-state index contributed by atoms with van der Waals surface area (Å²) in [5.74, 6) is -0.495. The zero-order valence-corrected chi connectivity index (χ0v) is 13.6. The molecule has 7 heteroatoms. The molecule has 1 saturated carbocycles. The molecule has 0 saturated heterocycles. The van der Waals surface area contributed by atoms with Crippen LogP contribution in [0.3, 0.4) is 0 Å². The van der Waals surface area contributed by atoms with E-state index in [9.17, 15) is 4.79 Å². The molecule has 1 fully saturated rings. The third kappa shape index (κ3) is 6.65. The second-order valence-corrected chi connectivity index (χ2v) is 5.84. The van der Waals surface area contributed by atoms with Gasteiger partial charge in [-0.15, -0.1) is 0 Å². The van der Waals surface area contributed by atoms with Crippen molar-refractivity contribution in [3.8, 4) is 5.75 Å². The molecule has 23 heavy (non-hydrogen) atoms. The number of ether oxygens (including phenoxy) is 1. The van der Waals surface area contributed by atoms with Crippen molar-refractivity contribution in [2.45, 2.75) is 38.1 Å². The highest BCUT2D eigenvalue weighted by molar-refractivity contribution is 7.80. The molecule has 0 amide bonds. The number of benzene rings is 1. The summed E-state index contributed by atoms with van der Waals surface area (Å²) < 4.78 is 5.06. The average molecular weight is 335 g/mol. The molecule has 1 aromatic carbocycles. The maximum absolute atomic E-state index is 10.4. The average Bonchev–Trinajstić information content (AvgIpc) is 2.55. The van der Waals surface area contributed by atoms with Crippen LogP contribution in [0.25, 0.3) is 0 Å². The number of hydrazone groups is 1. The van der Waals surface area contributed by atoms with Gasteiger partial charge in [-0.05, 0) is 54.9 Å². The monoisotopic (exact) mass is 335 g/mol. The van der Waals surface area contributed by atoms with Crippen LogP contribution in [0.15, 0.2) is 29.4 Å². The van der Waals surface area contributed by atoms with Crippen molar-refractivity contribution in [1.29, 1.82) is 0 Å². The summed E-state index contributed by atoms with van der Waals surface area (Å²) in [7, 11) is 0. The van der Waals surface area contributed by atoms with Crippen molar-refractivity contribution in [2.75, 3.05) is 6.61 Å². The van der Waals surface area contributed by atoms with E-state index >= 15 is 0 Å². The fourth-order valence-electron chi connectivity index (χ4n) is 2.43. The molecule has 0 unspecified atom stereocenters. The van der Waals surface area contributed by atoms with E-state index in [1.54, 1.807) is 30.5 Å². The number of nitrogens with zero attached hydrogens (tertiary/aromatic N) is 1. The molecule has 2 rings (SSSR count). The summed E-state index contributed by atoms with van der Waals surface area (Å²) in [6, 6.07) is 7.43. The molecule has 0 aliphatic heterocycles. The second kappa shape index (κ2) is 9.09. The van der Waals surface area contributed by atoms with Crippen molar-refractivity contribution >= 4 is 29.5 Å². The lowest BCUT2D eigenvalue weighted by molar-refractivity contribution is -0.139. The Kier molecular flexibility index (Phi) is 6.80. The molecule has 1 aliphatic carbocycles. The summed E-state index contributed by atoms with van der Waals surface area (Å²) in [6.07, 6.45) is 7.77. The maximum atomic E-state index is 10.4. The Bertz CT molecular complexity index is 554. The van der Waals surface area contributed by atoms with Gasteiger partial charge < -0.3 is 15.2 Å². The lowest BCUT2D eigenvalue weighted by atomic mass is 9.96. The molecule has 0 atom stereocenters. The normalized spacial score (nSPS) is 15.3. The van der Waals surface area contributed by atoms with E-state index in [1.165, 1.54) is 19.3 Å². The molecule has 0 heterocycles. The molecule has 1 aromatic rings. The first-order valence-electron chi connectivity index (χ1n) is 7.68. The minimum Gasteiger partial charge on any atom is -0.482 e. The quantitative estimate of drug-likeness (QED) is 0.420. The van der Waals surface area contributed by atoms with Crippen LogP contribution in [0.4, 0.5) is 0 Å². The number of carbonyl (C=O) groups is 1. The van der Waals surface area contributed by atoms with Crippen LogP contribution in [0.5, 0.6) is 5.75 Å². The number of thiocarbonyl (C=S) groups is 1. The number of aliphatic carboxylic acids is 1. The summed E-state index contributed by atoms with van der Waals surface area (Å²) >= 11 is 5.22. The molecule has 124 valence electrons. The van der Waals surface area contributed by atoms with Crippen molar-refractivity contribution in [2.24, 2.45) is 5.10 Å². The molecule has 1 aliphatic rings. The summed E-state index contributed by atoms with van der Waals surface area (Å²) in [5, 5.41) is 16.4. The Balaban J connectivity index is 1.73. The highest BCUT2D eigenvalue weighted by atomic mass is 32.1. The van der Waals surface area contributed by atoms with Crippen LogP contribution >= 0.6 is 12.2 Å². The Morgan fingerprint density at radius 3 is 2.65 bits per heavy atom. The summed E-state index contributed by atoms with van der Waals surface area (Å²) in [6.45, 7) is -0.351. The molecule has 3 N–H and O–H groups in total.